The van der Waals surface area contributed by atoms with E-state index in [4.69, 9.17) is 0 Å². The van der Waals surface area contributed by atoms with Gasteiger partial charge in [0.2, 0.25) is 11.9 Å². The highest BCUT2D eigenvalue weighted by Gasteiger charge is 2.22. The molecule has 0 bridgehead atoms. The van der Waals surface area contributed by atoms with Gasteiger partial charge in [-0.15, -0.1) is 0 Å². The van der Waals surface area contributed by atoms with Crippen LogP contribution in [0.1, 0.15) is 23.7 Å². The van der Waals surface area contributed by atoms with Crippen LogP contribution >= 0.6 is 0 Å². The lowest BCUT2D eigenvalue weighted by Gasteiger charge is -2.37. The van der Waals surface area contributed by atoms with Crippen LogP contribution in [0, 0.1) is 0 Å². The summed E-state index contributed by atoms with van der Waals surface area (Å²) < 4.78 is 0. The van der Waals surface area contributed by atoms with Crippen molar-refractivity contribution in [1.82, 2.24) is 9.97 Å². The molecule has 0 atom stereocenters. The molecule has 0 radical (unpaired) electrons. The number of carboxylic acid groups (broad SMARTS) is 1. The van der Waals surface area contributed by atoms with E-state index in [1.54, 1.807) is 37.5 Å². The number of aromatic nitrogens is 2. The molecule has 1 saturated heterocycles. The Labute approximate surface area is 151 Å². The van der Waals surface area contributed by atoms with Crippen LogP contribution in [0.25, 0.3) is 0 Å². The lowest BCUT2D eigenvalue weighted by Crippen LogP contribution is -2.47. The molecule has 0 spiro atoms. The van der Waals surface area contributed by atoms with Gasteiger partial charge in [-0.2, -0.15) is 0 Å². The fraction of sp³-hybridized carbons (Fsp3) is 0.333. The first-order valence-corrected chi connectivity index (χ1v) is 8.52. The van der Waals surface area contributed by atoms with Crippen molar-refractivity contribution in [2.75, 3.05) is 41.3 Å². The molecule has 1 aromatic carbocycles. The first-order valence-electron chi connectivity index (χ1n) is 8.52. The molecule has 2 heterocycles. The summed E-state index contributed by atoms with van der Waals surface area (Å²) in [4.78, 5) is 35.9. The minimum absolute atomic E-state index is 0.148. The number of carbonyl (C=O) groups excluding carboxylic acids is 1. The van der Waals surface area contributed by atoms with Gasteiger partial charge in [-0.25, -0.2) is 14.8 Å². The van der Waals surface area contributed by atoms with Crippen LogP contribution in [0.2, 0.25) is 0 Å². The summed E-state index contributed by atoms with van der Waals surface area (Å²) in [5.74, 6) is -0.465. The number of carboxylic acids is 1. The van der Waals surface area contributed by atoms with E-state index >= 15 is 0 Å². The van der Waals surface area contributed by atoms with Gasteiger partial charge in [0.25, 0.3) is 0 Å². The van der Waals surface area contributed by atoms with Crippen molar-refractivity contribution in [3.63, 3.8) is 0 Å². The van der Waals surface area contributed by atoms with Crippen molar-refractivity contribution in [2.45, 2.75) is 13.3 Å². The molecule has 1 aromatic heterocycles. The monoisotopic (exact) mass is 355 g/mol. The van der Waals surface area contributed by atoms with Crippen molar-refractivity contribution in [3.8, 4) is 0 Å². The van der Waals surface area contributed by atoms with Crippen molar-refractivity contribution in [1.29, 1.82) is 0 Å². The van der Waals surface area contributed by atoms with Gasteiger partial charge >= 0.3 is 5.97 Å². The number of nitrogens with zero attached hydrogens (tertiary/aromatic N) is 4. The molecule has 26 heavy (non-hydrogen) atoms. The molecule has 0 aliphatic carbocycles. The first-order chi connectivity index (χ1) is 12.6. The Morgan fingerprint density at radius 1 is 1.12 bits per heavy atom. The molecule has 1 amide bonds. The van der Waals surface area contributed by atoms with Crippen LogP contribution < -0.4 is 15.1 Å². The van der Waals surface area contributed by atoms with Crippen LogP contribution in [0.4, 0.5) is 17.3 Å². The lowest BCUT2D eigenvalue weighted by atomic mass is 10.1. The number of anilines is 3. The SMILES string of the molecule is CCC(=O)Nc1cc(C(=O)O)ccc1N1CCN(c2ncccn2)CC1. The maximum absolute atomic E-state index is 11.8. The molecule has 0 unspecified atom stereocenters. The van der Waals surface area contributed by atoms with Gasteiger partial charge in [0, 0.05) is 45.0 Å². The topological polar surface area (TPSA) is 98.7 Å². The van der Waals surface area contributed by atoms with Crippen molar-refractivity contribution in [2.24, 2.45) is 0 Å². The number of carbonyl (C=O) groups is 2. The van der Waals surface area contributed by atoms with E-state index < -0.39 is 5.97 Å². The molecular weight excluding hydrogens is 334 g/mol. The Balaban J connectivity index is 1.78. The molecule has 1 fully saturated rings. The average molecular weight is 355 g/mol. The zero-order chi connectivity index (χ0) is 18.5. The normalized spacial score (nSPS) is 14.2. The number of aromatic carboxylic acids is 1. The molecule has 1 aliphatic heterocycles. The highest BCUT2D eigenvalue weighted by atomic mass is 16.4. The maximum Gasteiger partial charge on any atom is 0.335 e. The summed E-state index contributed by atoms with van der Waals surface area (Å²) in [6.45, 7) is 4.69. The average Bonchev–Trinajstić information content (AvgIpc) is 2.68. The second-order valence-electron chi connectivity index (χ2n) is 5.96. The minimum Gasteiger partial charge on any atom is -0.478 e. The second kappa shape index (κ2) is 7.81. The van der Waals surface area contributed by atoms with Crippen LogP contribution in [-0.4, -0.2) is 53.1 Å². The highest BCUT2D eigenvalue weighted by molar-refractivity contribution is 5.97. The standard InChI is InChI=1S/C18H21N5O3/c1-2-16(24)21-14-12-13(17(25)26)4-5-15(14)22-8-10-23(11-9-22)18-19-6-3-7-20-18/h3-7,12H,2,8-11H2,1H3,(H,21,24)(H,25,26). The van der Waals surface area contributed by atoms with E-state index in [1.807, 2.05) is 0 Å². The van der Waals surface area contributed by atoms with Crippen molar-refractivity contribution >= 4 is 29.2 Å². The van der Waals surface area contributed by atoms with Crippen LogP contribution in [0.5, 0.6) is 0 Å². The summed E-state index contributed by atoms with van der Waals surface area (Å²) in [7, 11) is 0. The predicted molar refractivity (Wildman–Crippen MR) is 98.8 cm³/mol. The molecule has 2 N–H and O–H groups in total. The summed E-state index contributed by atoms with van der Waals surface area (Å²) in [6, 6.07) is 6.61. The third kappa shape index (κ3) is 3.90. The second-order valence-corrected chi connectivity index (χ2v) is 5.96. The number of rotatable bonds is 5. The molecule has 3 rings (SSSR count). The zero-order valence-corrected chi connectivity index (χ0v) is 14.6. The first kappa shape index (κ1) is 17.7. The Kier molecular flexibility index (Phi) is 5.31. The predicted octanol–water partition coefficient (Wildman–Crippen LogP) is 1.85. The Morgan fingerprint density at radius 3 is 2.38 bits per heavy atom. The number of benzene rings is 1. The van der Waals surface area contributed by atoms with Gasteiger partial charge < -0.3 is 20.2 Å². The number of nitrogens with one attached hydrogen (secondary N) is 1. The van der Waals surface area contributed by atoms with Crippen molar-refractivity contribution in [3.05, 3.63) is 42.2 Å². The van der Waals surface area contributed by atoms with Crippen LogP contribution in [0.3, 0.4) is 0 Å². The molecule has 8 heteroatoms. The number of hydrogen-bond donors (Lipinski definition) is 2. The van der Waals surface area contributed by atoms with Gasteiger partial charge in [0.05, 0.1) is 16.9 Å². The zero-order valence-electron chi connectivity index (χ0n) is 14.6. The highest BCUT2D eigenvalue weighted by Crippen LogP contribution is 2.29. The van der Waals surface area contributed by atoms with E-state index in [1.165, 1.54) is 6.07 Å². The van der Waals surface area contributed by atoms with E-state index in [0.717, 1.165) is 31.9 Å². The summed E-state index contributed by atoms with van der Waals surface area (Å²) in [6.07, 6.45) is 3.77. The number of hydrogen-bond acceptors (Lipinski definition) is 6. The molecule has 0 saturated carbocycles. The van der Waals surface area contributed by atoms with Gasteiger partial charge in [0.1, 0.15) is 0 Å². The summed E-state index contributed by atoms with van der Waals surface area (Å²) in [5, 5.41) is 12.0. The maximum atomic E-state index is 11.8. The smallest absolute Gasteiger partial charge is 0.335 e. The van der Waals surface area contributed by atoms with Crippen LogP contribution in [0.15, 0.2) is 36.7 Å². The Hall–Kier alpha value is -3.16. The Bertz CT molecular complexity index is 789. The van der Waals surface area contributed by atoms with Crippen LogP contribution in [-0.2, 0) is 4.79 Å². The third-order valence-corrected chi connectivity index (χ3v) is 4.29. The molecule has 136 valence electrons. The largest absolute Gasteiger partial charge is 0.478 e. The number of piperazine rings is 1. The molecule has 1 aliphatic rings. The van der Waals surface area contributed by atoms with Gasteiger partial charge in [-0.3, -0.25) is 4.79 Å². The lowest BCUT2D eigenvalue weighted by molar-refractivity contribution is -0.115. The quantitative estimate of drug-likeness (QED) is 0.844. The van der Waals surface area contributed by atoms with Gasteiger partial charge in [-0.1, -0.05) is 6.92 Å². The molecule has 2 aromatic rings. The summed E-state index contributed by atoms with van der Waals surface area (Å²) >= 11 is 0. The van der Waals surface area contributed by atoms with Crippen molar-refractivity contribution < 1.29 is 14.7 Å². The fourth-order valence-electron chi connectivity index (χ4n) is 2.89. The van der Waals surface area contributed by atoms with E-state index in [2.05, 4.69) is 25.1 Å². The summed E-state index contributed by atoms with van der Waals surface area (Å²) in [5.41, 5.74) is 1.50. The fourth-order valence-corrected chi connectivity index (χ4v) is 2.89. The number of amides is 1. The molecule has 8 nitrogen and oxygen atoms in total. The van der Waals surface area contributed by atoms with E-state index in [-0.39, 0.29) is 11.5 Å². The Morgan fingerprint density at radius 2 is 1.77 bits per heavy atom. The van der Waals surface area contributed by atoms with E-state index in [9.17, 15) is 14.7 Å². The third-order valence-electron chi connectivity index (χ3n) is 4.29. The van der Waals surface area contributed by atoms with E-state index in [0.29, 0.717) is 18.1 Å². The molecular formula is C18H21N5O3. The minimum atomic E-state index is -1.02. The van der Waals surface area contributed by atoms with Gasteiger partial charge in [-0.05, 0) is 24.3 Å². The van der Waals surface area contributed by atoms with Gasteiger partial charge in [0.15, 0.2) is 0 Å².